The molecule has 0 aliphatic heterocycles. The molecule has 3 rings (SSSR count). The highest BCUT2D eigenvalue weighted by molar-refractivity contribution is 7.79. The molecule has 0 spiro atoms. The van der Waals surface area contributed by atoms with E-state index in [0.717, 1.165) is 10.8 Å². The van der Waals surface area contributed by atoms with Crippen molar-refractivity contribution in [2.24, 2.45) is 0 Å². The summed E-state index contributed by atoms with van der Waals surface area (Å²) in [6, 6.07) is 20.9. The van der Waals surface area contributed by atoms with Crippen LogP contribution in [-0.2, 0) is 0 Å². The zero-order chi connectivity index (χ0) is 18.9. The molecule has 0 aliphatic carbocycles. The second-order valence-electron chi connectivity index (χ2n) is 5.83. The van der Waals surface area contributed by atoms with Crippen LogP contribution in [0.5, 0.6) is 5.75 Å². The Kier molecular flexibility index (Phi) is 7.70. The zero-order valence-electron chi connectivity index (χ0n) is 15.1. The topological polar surface area (TPSA) is 46.5 Å². The standard InChI is InChI=1S/C21H20O3.CH4S/c1-15(11-12-22)24-20-14-18-10-6-5-9-17(18)13-19(20)21(23)16-7-3-2-4-8-16;1-2/h2-10,13-15,22H,11-12H2,1H3;2H,1H3. The van der Waals surface area contributed by atoms with Gasteiger partial charge in [-0.2, -0.15) is 12.6 Å². The lowest BCUT2D eigenvalue weighted by molar-refractivity contribution is 0.103. The van der Waals surface area contributed by atoms with Gasteiger partial charge in [0, 0.05) is 18.6 Å². The number of ketones is 1. The molecule has 0 heterocycles. The van der Waals surface area contributed by atoms with Crippen LogP contribution in [0.4, 0.5) is 0 Å². The smallest absolute Gasteiger partial charge is 0.196 e. The molecule has 0 aromatic heterocycles. The minimum absolute atomic E-state index is 0.0523. The van der Waals surface area contributed by atoms with Crippen molar-refractivity contribution in [2.45, 2.75) is 19.4 Å². The molecule has 0 radical (unpaired) electrons. The van der Waals surface area contributed by atoms with Gasteiger partial charge in [0.05, 0.1) is 11.7 Å². The molecule has 0 saturated carbocycles. The van der Waals surface area contributed by atoms with E-state index in [2.05, 4.69) is 12.6 Å². The first-order chi connectivity index (χ1) is 12.7. The molecular weight excluding hydrogens is 344 g/mol. The maximum Gasteiger partial charge on any atom is 0.196 e. The predicted molar refractivity (Wildman–Crippen MR) is 111 cm³/mol. The lowest BCUT2D eigenvalue weighted by Gasteiger charge is -2.17. The van der Waals surface area contributed by atoms with Crippen molar-refractivity contribution in [1.82, 2.24) is 0 Å². The Labute approximate surface area is 160 Å². The van der Waals surface area contributed by atoms with Crippen molar-refractivity contribution < 1.29 is 14.6 Å². The molecule has 0 saturated heterocycles. The summed E-state index contributed by atoms with van der Waals surface area (Å²) in [6.45, 7) is 1.94. The highest BCUT2D eigenvalue weighted by Gasteiger charge is 2.17. The number of carbonyl (C=O) groups is 1. The summed E-state index contributed by atoms with van der Waals surface area (Å²) in [7, 11) is 0. The van der Waals surface area contributed by atoms with Gasteiger partial charge in [-0.15, -0.1) is 0 Å². The molecule has 26 heavy (non-hydrogen) atoms. The number of carbonyl (C=O) groups excluding carboxylic acids is 1. The Balaban J connectivity index is 0.00000117. The van der Waals surface area contributed by atoms with Gasteiger partial charge in [-0.25, -0.2) is 0 Å². The number of hydrogen-bond acceptors (Lipinski definition) is 4. The quantitative estimate of drug-likeness (QED) is 0.487. The van der Waals surface area contributed by atoms with Crippen LogP contribution in [0, 0.1) is 0 Å². The summed E-state index contributed by atoms with van der Waals surface area (Å²) < 4.78 is 5.96. The van der Waals surface area contributed by atoms with Gasteiger partial charge in [0.2, 0.25) is 0 Å². The van der Waals surface area contributed by atoms with Crippen LogP contribution in [0.2, 0.25) is 0 Å². The van der Waals surface area contributed by atoms with Gasteiger partial charge in [0.25, 0.3) is 0 Å². The molecule has 3 aromatic carbocycles. The third kappa shape index (κ3) is 4.87. The van der Waals surface area contributed by atoms with Gasteiger partial charge in [-0.05, 0) is 36.1 Å². The van der Waals surface area contributed by atoms with Crippen molar-refractivity contribution in [3.05, 3.63) is 77.9 Å². The highest BCUT2D eigenvalue weighted by Crippen LogP contribution is 2.29. The fourth-order valence-corrected chi connectivity index (χ4v) is 2.70. The first kappa shape index (κ1) is 20.0. The lowest BCUT2D eigenvalue weighted by Crippen LogP contribution is -2.16. The van der Waals surface area contributed by atoms with Gasteiger partial charge in [0.1, 0.15) is 5.75 Å². The Morgan fingerprint density at radius 2 is 1.58 bits per heavy atom. The van der Waals surface area contributed by atoms with Gasteiger partial charge in [-0.1, -0.05) is 54.6 Å². The monoisotopic (exact) mass is 368 g/mol. The minimum atomic E-state index is -0.168. The number of rotatable bonds is 6. The number of ether oxygens (including phenoxy) is 1. The van der Waals surface area contributed by atoms with Crippen LogP contribution in [0.25, 0.3) is 10.8 Å². The summed E-state index contributed by atoms with van der Waals surface area (Å²) in [5, 5.41) is 11.1. The molecule has 1 atom stereocenters. The first-order valence-corrected chi connectivity index (χ1v) is 9.43. The van der Waals surface area contributed by atoms with Gasteiger partial charge >= 0.3 is 0 Å². The average molecular weight is 368 g/mol. The van der Waals surface area contributed by atoms with E-state index in [4.69, 9.17) is 9.84 Å². The maximum atomic E-state index is 12.9. The summed E-state index contributed by atoms with van der Waals surface area (Å²) in [5.74, 6) is 0.496. The second kappa shape index (κ2) is 10.00. The zero-order valence-corrected chi connectivity index (χ0v) is 15.9. The number of benzene rings is 3. The number of hydrogen-bond donors (Lipinski definition) is 2. The van der Waals surface area contributed by atoms with E-state index in [9.17, 15) is 4.79 Å². The van der Waals surface area contributed by atoms with E-state index in [1.165, 1.54) is 0 Å². The highest BCUT2D eigenvalue weighted by atomic mass is 32.1. The van der Waals surface area contributed by atoms with Crippen LogP contribution < -0.4 is 4.74 Å². The molecule has 0 amide bonds. The predicted octanol–water partition coefficient (Wildman–Crippen LogP) is 4.77. The first-order valence-electron chi connectivity index (χ1n) is 8.54. The summed E-state index contributed by atoms with van der Waals surface area (Å²) >= 11 is 3.53. The van der Waals surface area contributed by atoms with Crippen molar-refractivity contribution in [3.63, 3.8) is 0 Å². The average Bonchev–Trinajstić information content (AvgIpc) is 2.69. The molecule has 0 fully saturated rings. The Bertz CT molecular complexity index is 846. The summed E-state index contributed by atoms with van der Waals surface area (Å²) in [6.07, 6.45) is 2.05. The van der Waals surface area contributed by atoms with E-state index >= 15 is 0 Å². The normalized spacial score (nSPS) is 11.4. The second-order valence-corrected chi connectivity index (χ2v) is 5.83. The maximum absolute atomic E-state index is 12.9. The van der Waals surface area contributed by atoms with Crippen molar-refractivity contribution in [1.29, 1.82) is 0 Å². The van der Waals surface area contributed by atoms with Crippen LogP contribution in [0.1, 0.15) is 29.3 Å². The SMILES string of the molecule is CC(CCO)Oc1cc2ccccc2cc1C(=O)c1ccccc1.CS. The molecule has 136 valence electrons. The van der Waals surface area contributed by atoms with Crippen LogP contribution in [0.15, 0.2) is 66.7 Å². The van der Waals surface area contributed by atoms with E-state index < -0.39 is 0 Å². The number of aliphatic hydroxyl groups is 1. The van der Waals surface area contributed by atoms with Crippen molar-refractivity contribution in [3.8, 4) is 5.75 Å². The number of thiol groups is 1. The number of fused-ring (bicyclic) bond motifs is 1. The van der Waals surface area contributed by atoms with E-state index in [1.54, 1.807) is 18.4 Å². The largest absolute Gasteiger partial charge is 0.490 e. The fraction of sp³-hybridized carbons (Fsp3) is 0.227. The van der Waals surface area contributed by atoms with E-state index in [1.807, 2.05) is 61.5 Å². The van der Waals surface area contributed by atoms with Gasteiger partial charge in [0.15, 0.2) is 5.78 Å². The summed E-state index contributed by atoms with van der Waals surface area (Å²) in [4.78, 5) is 12.9. The Hall–Kier alpha value is -2.30. The van der Waals surface area contributed by atoms with Gasteiger partial charge in [-0.3, -0.25) is 4.79 Å². The van der Waals surface area contributed by atoms with Crippen LogP contribution in [0.3, 0.4) is 0 Å². The fourth-order valence-electron chi connectivity index (χ4n) is 2.70. The molecule has 3 aromatic rings. The summed E-state index contributed by atoms with van der Waals surface area (Å²) in [5.41, 5.74) is 1.18. The van der Waals surface area contributed by atoms with Gasteiger partial charge < -0.3 is 9.84 Å². The third-order valence-corrected chi connectivity index (χ3v) is 3.99. The lowest BCUT2D eigenvalue weighted by atomic mass is 9.98. The van der Waals surface area contributed by atoms with Crippen LogP contribution in [-0.4, -0.2) is 29.9 Å². The minimum Gasteiger partial charge on any atom is -0.490 e. The Morgan fingerprint density at radius 3 is 2.19 bits per heavy atom. The molecule has 3 nitrogen and oxygen atoms in total. The number of aliphatic hydroxyl groups excluding tert-OH is 1. The molecule has 1 N–H and O–H groups in total. The Morgan fingerprint density at radius 1 is 1.00 bits per heavy atom. The molecular formula is C22H24O3S. The van der Waals surface area contributed by atoms with E-state index in [0.29, 0.717) is 23.3 Å². The molecule has 4 heteroatoms. The van der Waals surface area contributed by atoms with Crippen molar-refractivity contribution >= 4 is 29.2 Å². The van der Waals surface area contributed by atoms with Crippen molar-refractivity contribution in [2.75, 3.05) is 12.9 Å². The molecule has 0 bridgehead atoms. The molecule has 1 unspecified atom stereocenters. The van der Waals surface area contributed by atoms with Crippen LogP contribution >= 0.6 is 12.6 Å². The van der Waals surface area contributed by atoms with E-state index in [-0.39, 0.29) is 18.5 Å². The molecule has 0 aliphatic rings. The third-order valence-electron chi connectivity index (χ3n) is 3.99.